The Labute approximate surface area is 143 Å². The Morgan fingerprint density at radius 3 is 2.46 bits per heavy atom. The maximum Gasteiger partial charge on any atom is 0.170 e. The predicted octanol–water partition coefficient (Wildman–Crippen LogP) is 2.71. The number of hydrogen-bond donors (Lipinski definition) is 1. The first-order valence-corrected chi connectivity index (χ1v) is 8.47. The third-order valence-corrected chi connectivity index (χ3v) is 4.77. The first-order chi connectivity index (χ1) is 11.2. The van der Waals surface area contributed by atoms with Crippen LogP contribution in [-0.4, -0.2) is 37.5 Å². The van der Waals surface area contributed by atoms with Crippen molar-refractivity contribution in [2.75, 3.05) is 0 Å². The van der Waals surface area contributed by atoms with E-state index in [1.807, 2.05) is 4.68 Å². The predicted molar refractivity (Wildman–Crippen MR) is 93.1 cm³/mol. The minimum atomic E-state index is -0.208. The number of aryl methyl sites for hydroxylation is 2. The summed E-state index contributed by atoms with van der Waals surface area (Å²) in [4.78, 5) is 0. The molecule has 2 heterocycles. The second-order valence-corrected chi connectivity index (χ2v) is 7.85. The van der Waals surface area contributed by atoms with Gasteiger partial charge in [0.15, 0.2) is 5.82 Å². The molecule has 6 nitrogen and oxygen atoms in total. The number of para-hydroxylation sites is 1. The van der Waals surface area contributed by atoms with Crippen molar-refractivity contribution in [3.8, 4) is 5.69 Å². The highest BCUT2D eigenvalue weighted by atomic mass is 16.5. The lowest BCUT2D eigenvalue weighted by Gasteiger charge is -2.27. The molecule has 1 aliphatic rings. The van der Waals surface area contributed by atoms with Crippen molar-refractivity contribution in [1.29, 1.82) is 0 Å². The smallest absolute Gasteiger partial charge is 0.170 e. The molecule has 6 heteroatoms. The van der Waals surface area contributed by atoms with E-state index in [0.29, 0.717) is 6.54 Å². The summed E-state index contributed by atoms with van der Waals surface area (Å²) in [6, 6.07) is 6.47. The van der Waals surface area contributed by atoms with Crippen LogP contribution in [0.4, 0.5) is 0 Å². The zero-order valence-corrected chi connectivity index (χ0v) is 15.4. The van der Waals surface area contributed by atoms with Gasteiger partial charge in [0.05, 0.1) is 23.4 Å². The summed E-state index contributed by atoms with van der Waals surface area (Å²) in [7, 11) is 0. The fourth-order valence-corrected chi connectivity index (χ4v) is 3.72. The second kappa shape index (κ2) is 5.93. The number of nitrogens with zero attached hydrogens (tertiary/aromatic N) is 4. The number of tetrazole rings is 1. The van der Waals surface area contributed by atoms with Gasteiger partial charge in [-0.15, -0.1) is 5.10 Å². The van der Waals surface area contributed by atoms with E-state index in [2.05, 4.69) is 80.6 Å². The molecule has 1 saturated heterocycles. The average molecular weight is 329 g/mol. The Hall–Kier alpha value is -1.79. The molecule has 3 rings (SSSR count). The highest BCUT2D eigenvalue weighted by molar-refractivity contribution is 5.46. The van der Waals surface area contributed by atoms with Crippen LogP contribution in [0.5, 0.6) is 0 Å². The minimum Gasteiger partial charge on any atom is -0.368 e. The molecule has 0 bridgehead atoms. The summed E-state index contributed by atoms with van der Waals surface area (Å²) in [6.45, 7) is 13.3. The first kappa shape index (κ1) is 17.0. The molecule has 1 N–H and O–H groups in total. The Balaban J connectivity index is 1.80. The molecule has 1 aliphatic heterocycles. The van der Waals surface area contributed by atoms with Crippen LogP contribution in [0, 0.1) is 13.8 Å². The Morgan fingerprint density at radius 1 is 1.21 bits per heavy atom. The molecule has 1 aromatic heterocycles. The summed E-state index contributed by atoms with van der Waals surface area (Å²) < 4.78 is 7.99. The van der Waals surface area contributed by atoms with E-state index >= 15 is 0 Å². The molecule has 0 aliphatic carbocycles. The van der Waals surface area contributed by atoms with E-state index in [9.17, 15) is 0 Å². The van der Waals surface area contributed by atoms with Crippen molar-refractivity contribution in [2.45, 2.75) is 71.8 Å². The third-order valence-electron chi connectivity index (χ3n) is 4.77. The zero-order valence-electron chi connectivity index (χ0n) is 15.4. The summed E-state index contributed by atoms with van der Waals surface area (Å²) in [5.41, 5.74) is 3.06. The van der Waals surface area contributed by atoms with Crippen molar-refractivity contribution in [2.24, 2.45) is 0 Å². The minimum absolute atomic E-state index is 0.111. The number of aromatic nitrogens is 4. The number of hydrogen-bond acceptors (Lipinski definition) is 5. The quantitative estimate of drug-likeness (QED) is 0.934. The van der Waals surface area contributed by atoms with E-state index < -0.39 is 0 Å². The van der Waals surface area contributed by atoms with E-state index in [1.165, 1.54) is 0 Å². The van der Waals surface area contributed by atoms with Crippen LogP contribution in [0.3, 0.4) is 0 Å². The van der Waals surface area contributed by atoms with Crippen LogP contribution in [-0.2, 0) is 11.3 Å². The number of ether oxygens (including phenoxy) is 1. The molecule has 0 spiro atoms. The van der Waals surface area contributed by atoms with Gasteiger partial charge < -0.3 is 10.1 Å². The molecular formula is C18H27N5O. The lowest BCUT2D eigenvalue weighted by molar-refractivity contribution is -0.0699. The third kappa shape index (κ3) is 3.21. The van der Waals surface area contributed by atoms with Gasteiger partial charge in [-0.1, -0.05) is 18.2 Å². The maximum absolute atomic E-state index is 6.15. The van der Waals surface area contributed by atoms with Crippen LogP contribution >= 0.6 is 0 Å². The van der Waals surface area contributed by atoms with Gasteiger partial charge in [0.2, 0.25) is 0 Å². The van der Waals surface area contributed by atoms with Crippen LogP contribution < -0.4 is 5.32 Å². The molecule has 0 radical (unpaired) electrons. The van der Waals surface area contributed by atoms with Crippen molar-refractivity contribution < 1.29 is 4.74 Å². The highest BCUT2D eigenvalue weighted by Crippen LogP contribution is 2.37. The summed E-state index contributed by atoms with van der Waals surface area (Å²) >= 11 is 0. The van der Waals surface area contributed by atoms with Gasteiger partial charge in [-0.2, -0.15) is 4.68 Å². The number of nitrogens with one attached hydrogen (secondary N) is 1. The first-order valence-electron chi connectivity index (χ1n) is 8.47. The van der Waals surface area contributed by atoms with Crippen LogP contribution in [0.1, 0.15) is 51.1 Å². The second-order valence-electron chi connectivity index (χ2n) is 7.85. The van der Waals surface area contributed by atoms with Crippen LogP contribution in [0.15, 0.2) is 18.2 Å². The van der Waals surface area contributed by atoms with E-state index in [1.54, 1.807) is 0 Å². The fraction of sp³-hybridized carbons (Fsp3) is 0.611. The molecule has 2 aromatic rings. The summed E-state index contributed by atoms with van der Waals surface area (Å²) in [6.07, 6.45) is 0.963. The monoisotopic (exact) mass is 329 g/mol. The van der Waals surface area contributed by atoms with Gasteiger partial charge in [-0.3, -0.25) is 0 Å². The Bertz CT molecular complexity index is 715. The molecule has 130 valence electrons. The standard InChI is InChI=1S/C18H27N5O/c1-12-8-7-9-13(2)16(12)23-15(20-21-22-23)11-19-14-10-17(3,4)24-18(14,5)6/h7-9,14,19H,10-11H2,1-6H3. The largest absolute Gasteiger partial charge is 0.368 e. The van der Waals surface area contributed by atoms with Crippen LogP contribution in [0.25, 0.3) is 5.69 Å². The lowest BCUT2D eigenvalue weighted by Crippen LogP contribution is -2.43. The Morgan fingerprint density at radius 2 is 1.88 bits per heavy atom. The van der Waals surface area contributed by atoms with Crippen molar-refractivity contribution >= 4 is 0 Å². The highest BCUT2D eigenvalue weighted by Gasteiger charge is 2.45. The molecule has 0 saturated carbocycles. The number of rotatable bonds is 4. The van der Waals surface area contributed by atoms with E-state index in [4.69, 9.17) is 4.74 Å². The molecule has 1 unspecified atom stereocenters. The average Bonchev–Trinajstić information content (AvgIpc) is 2.97. The van der Waals surface area contributed by atoms with Gasteiger partial charge in [0, 0.05) is 6.04 Å². The molecule has 1 fully saturated rings. The maximum atomic E-state index is 6.15. The zero-order chi connectivity index (χ0) is 17.5. The molecule has 1 atom stereocenters. The fourth-order valence-electron chi connectivity index (χ4n) is 3.72. The molecular weight excluding hydrogens is 302 g/mol. The molecule has 24 heavy (non-hydrogen) atoms. The van der Waals surface area contributed by atoms with E-state index in [-0.39, 0.29) is 17.2 Å². The lowest BCUT2D eigenvalue weighted by atomic mass is 9.94. The number of benzene rings is 1. The topological polar surface area (TPSA) is 64.9 Å². The van der Waals surface area contributed by atoms with Crippen molar-refractivity contribution in [1.82, 2.24) is 25.5 Å². The van der Waals surface area contributed by atoms with Crippen molar-refractivity contribution in [3.05, 3.63) is 35.2 Å². The molecule has 1 aromatic carbocycles. The summed E-state index contributed by atoms with van der Waals surface area (Å²) in [5.74, 6) is 0.813. The SMILES string of the molecule is Cc1cccc(C)c1-n1nnnc1CNC1CC(C)(C)OC1(C)C. The van der Waals surface area contributed by atoms with Gasteiger partial charge in [-0.25, -0.2) is 0 Å². The molecule has 0 amide bonds. The van der Waals surface area contributed by atoms with Gasteiger partial charge >= 0.3 is 0 Å². The Kier molecular flexibility index (Phi) is 4.21. The van der Waals surface area contributed by atoms with Crippen LogP contribution in [0.2, 0.25) is 0 Å². The van der Waals surface area contributed by atoms with Crippen molar-refractivity contribution in [3.63, 3.8) is 0 Å². The summed E-state index contributed by atoms with van der Waals surface area (Å²) in [5, 5.41) is 15.9. The van der Waals surface area contributed by atoms with Gasteiger partial charge in [0.1, 0.15) is 0 Å². The van der Waals surface area contributed by atoms with Gasteiger partial charge in [-0.05, 0) is 69.5 Å². The van der Waals surface area contributed by atoms with Gasteiger partial charge in [0.25, 0.3) is 0 Å². The normalized spacial score (nSPS) is 22.0. The van der Waals surface area contributed by atoms with E-state index in [0.717, 1.165) is 29.1 Å².